The van der Waals surface area contributed by atoms with Crippen molar-refractivity contribution in [1.29, 1.82) is 0 Å². The smallest absolute Gasteiger partial charge is 0.272 e. The molecule has 0 fully saturated rings. The first-order chi connectivity index (χ1) is 21.7. The number of rotatable bonds is 10. The summed E-state index contributed by atoms with van der Waals surface area (Å²) in [5, 5.41) is 10.2. The van der Waals surface area contributed by atoms with Crippen LogP contribution < -0.4 is 16.0 Å². The van der Waals surface area contributed by atoms with Crippen molar-refractivity contribution in [3.63, 3.8) is 0 Å². The van der Waals surface area contributed by atoms with Crippen LogP contribution in [0.1, 0.15) is 22.8 Å². The lowest BCUT2D eigenvalue weighted by molar-refractivity contribution is -0.115. The van der Waals surface area contributed by atoms with Crippen LogP contribution >= 0.6 is 39.0 Å². The molecule has 0 saturated carbocycles. The summed E-state index contributed by atoms with van der Waals surface area (Å²) in [4.78, 5) is 44.3. The van der Waals surface area contributed by atoms with Gasteiger partial charge >= 0.3 is 0 Å². The fraction of sp³-hybridized carbons (Fsp3) is 0.0588. The maximum atomic E-state index is 13.3. The van der Waals surface area contributed by atoms with Gasteiger partial charge in [-0.25, -0.2) is 9.37 Å². The number of aromatic nitrogens is 1. The number of anilines is 2. The number of amides is 3. The molecule has 5 rings (SSSR count). The Labute approximate surface area is 276 Å². The van der Waals surface area contributed by atoms with Crippen molar-refractivity contribution in [2.24, 2.45) is 0 Å². The van der Waals surface area contributed by atoms with Crippen LogP contribution in [-0.4, -0.2) is 28.0 Å². The van der Waals surface area contributed by atoms with Crippen LogP contribution in [0.4, 0.5) is 15.2 Å². The second kappa shape index (κ2) is 14.9. The molecule has 3 N–H and O–H groups in total. The number of thiazole rings is 1. The Bertz CT molecular complexity index is 1830. The number of benzene rings is 4. The third-order valence-electron chi connectivity index (χ3n) is 6.38. The van der Waals surface area contributed by atoms with Gasteiger partial charge in [-0.05, 0) is 91.4 Å². The summed E-state index contributed by atoms with van der Waals surface area (Å²) in [7, 11) is 0. The minimum atomic E-state index is -0.487. The van der Waals surface area contributed by atoms with E-state index in [1.807, 2.05) is 30.3 Å². The number of hydrogen-bond acceptors (Lipinski definition) is 6. The number of thioether (sulfide) groups is 1. The third-order valence-corrected chi connectivity index (χ3v) is 8.78. The standard InChI is InChI=1S/C34H26BrFN4O3S2/c1-21(31(41)40-34-39-30(20-44-34)23-9-13-26(36)14-10-23)45-28-17-15-27(16-18-28)37-33(43)29(19-22-7-11-25(35)12-8-22)38-32(42)24-5-3-2-4-6-24/h2-21H,1H3,(H,37,43)(H,38,42)(H,39,40,41)/b29-19-. The van der Waals surface area contributed by atoms with Crippen LogP contribution in [0.15, 0.2) is 124 Å². The van der Waals surface area contributed by atoms with Gasteiger partial charge in [-0.1, -0.05) is 46.3 Å². The van der Waals surface area contributed by atoms with Gasteiger partial charge in [0.2, 0.25) is 5.91 Å². The summed E-state index contributed by atoms with van der Waals surface area (Å²) in [6.45, 7) is 1.79. The van der Waals surface area contributed by atoms with Crippen molar-refractivity contribution in [3.8, 4) is 11.3 Å². The molecule has 5 aromatic rings. The second-order valence-electron chi connectivity index (χ2n) is 9.70. The Hall–Kier alpha value is -4.58. The Morgan fingerprint density at radius 3 is 2.27 bits per heavy atom. The molecular formula is C34H26BrFN4O3S2. The van der Waals surface area contributed by atoms with Crippen LogP contribution in [0.3, 0.4) is 0 Å². The number of nitrogens with one attached hydrogen (secondary N) is 3. The summed E-state index contributed by atoms with van der Waals surface area (Å²) in [6.07, 6.45) is 1.61. The molecule has 0 bridgehead atoms. The SMILES string of the molecule is CC(Sc1ccc(NC(=O)/C(=C/c2ccc(Br)cc2)NC(=O)c2ccccc2)cc1)C(=O)Nc1nc(-c2ccc(F)cc2)cs1. The van der Waals surface area contributed by atoms with E-state index in [9.17, 15) is 18.8 Å². The molecule has 1 aromatic heterocycles. The number of nitrogens with zero attached hydrogens (tertiary/aromatic N) is 1. The maximum Gasteiger partial charge on any atom is 0.272 e. The van der Waals surface area contributed by atoms with Crippen LogP contribution in [-0.2, 0) is 9.59 Å². The second-order valence-corrected chi connectivity index (χ2v) is 12.9. The first-order valence-electron chi connectivity index (χ1n) is 13.7. The molecule has 1 atom stereocenters. The van der Waals surface area contributed by atoms with E-state index in [2.05, 4.69) is 36.9 Å². The van der Waals surface area contributed by atoms with Crippen LogP contribution in [0.25, 0.3) is 17.3 Å². The van der Waals surface area contributed by atoms with Gasteiger partial charge in [0.05, 0.1) is 10.9 Å². The van der Waals surface area contributed by atoms with Crippen molar-refractivity contribution < 1.29 is 18.8 Å². The molecule has 0 aliphatic carbocycles. The summed E-state index contributed by atoms with van der Waals surface area (Å²) in [6, 6.07) is 29.1. The van der Waals surface area contributed by atoms with Crippen molar-refractivity contribution in [1.82, 2.24) is 10.3 Å². The molecule has 0 radical (unpaired) electrons. The number of halogens is 2. The number of hydrogen-bond donors (Lipinski definition) is 3. The lowest BCUT2D eigenvalue weighted by Gasteiger charge is -2.13. The van der Waals surface area contributed by atoms with E-state index >= 15 is 0 Å². The van der Waals surface area contributed by atoms with Crippen molar-refractivity contribution in [3.05, 3.63) is 136 Å². The monoisotopic (exact) mass is 700 g/mol. The molecule has 1 unspecified atom stereocenters. The normalized spacial score (nSPS) is 11.8. The Kier molecular flexibility index (Phi) is 10.6. The van der Waals surface area contributed by atoms with Crippen LogP contribution in [0, 0.1) is 5.82 Å². The number of carbonyl (C=O) groups excluding carboxylic acids is 3. The molecule has 11 heteroatoms. The van der Waals surface area contributed by atoms with Crippen molar-refractivity contribution >= 4 is 73.6 Å². The lowest BCUT2D eigenvalue weighted by Crippen LogP contribution is -2.30. The Balaban J connectivity index is 1.20. The average Bonchev–Trinajstić information content (AvgIpc) is 3.51. The van der Waals surface area contributed by atoms with Crippen LogP contribution in [0.5, 0.6) is 0 Å². The first kappa shape index (κ1) is 31.8. The van der Waals surface area contributed by atoms with Crippen molar-refractivity contribution in [2.75, 3.05) is 10.6 Å². The summed E-state index contributed by atoms with van der Waals surface area (Å²) < 4.78 is 14.1. The van der Waals surface area contributed by atoms with E-state index in [4.69, 9.17) is 0 Å². The quantitative estimate of drug-likeness (QED) is 0.101. The predicted molar refractivity (Wildman–Crippen MR) is 183 cm³/mol. The zero-order valence-corrected chi connectivity index (χ0v) is 27.0. The van der Waals surface area contributed by atoms with Gasteiger partial charge < -0.3 is 16.0 Å². The average molecular weight is 702 g/mol. The topological polar surface area (TPSA) is 100 Å². The maximum absolute atomic E-state index is 13.3. The fourth-order valence-corrected chi connectivity index (χ4v) is 5.89. The van der Waals surface area contributed by atoms with E-state index in [1.54, 1.807) is 79.0 Å². The Morgan fingerprint density at radius 2 is 1.58 bits per heavy atom. The van der Waals surface area contributed by atoms with E-state index < -0.39 is 17.1 Å². The lowest BCUT2D eigenvalue weighted by atomic mass is 10.1. The molecule has 0 saturated heterocycles. The summed E-state index contributed by atoms with van der Waals surface area (Å²) in [5.74, 6) is -1.43. The van der Waals surface area contributed by atoms with Gasteiger partial charge in [0.1, 0.15) is 11.5 Å². The van der Waals surface area contributed by atoms with Gasteiger partial charge in [0.25, 0.3) is 11.8 Å². The molecule has 1 heterocycles. The van der Waals surface area contributed by atoms with Gasteiger partial charge in [-0.2, -0.15) is 0 Å². The zero-order valence-electron chi connectivity index (χ0n) is 23.8. The molecule has 7 nitrogen and oxygen atoms in total. The highest BCUT2D eigenvalue weighted by molar-refractivity contribution is 9.10. The summed E-state index contributed by atoms with van der Waals surface area (Å²) >= 11 is 6.06. The molecule has 4 aromatic carbocycles. The van der Waals surface area contributed by atoms with E-state index in [0.29, 0.717) is 22.1 Å². The molecule has 226 valence electrons. The minimum absolute atomic E-state index is 0.0830. The highest BCUT2D eigenvalue weighted by Crippen LogP contribution is 2.28. The largest absolute Gasteiger partial charge is 0.321 e. The first-order valence-corrected chi connectivity index (χ1v) is 16.2. The van der Waals surface area contributed by atoms with Gasteiger partial charge in [-0.3, -0.25) is 14.4 Å². The third kappa shape index (κ3) is 8.98. The molecular weight excluding hydrogens is 675 g/mol. The minimum Gasteiger partial charge on any atom is -0.321 e. The molecule has 0 aliphatic heterocycles. The van der Waals surface area contributed by atoms with Crippen molar-refractivity contribution in [2.45, 2.75) is 17.1 Å². The molecule has 0 aliphatic rings. The zero-order chi connectivity index (χ0) is 31.8. The molecule has 3 amide bonds. The van der Waals surface area contributed by atoms with Gasteiger partial charge in [-0.15, -0.1) is 23.1 Å². The van der Waals surface area contributed by atoms with E-state index in [-0.39, 0.29) is 17.4 Å². The highest BCUT2D eigenvalue weighted by Gasteiger charge is 2.18. The van der Waals surface area contributed by atoms with Crippen LogP contribution in [0.2, 0.25) is 0 Å². The Morgan fingerprint density at radius 1 is 0.889 bits per heavy atom. The molecule has 45 heavy (non-hydrogen) atoms. The predicted octanol–water partition coefficient (Wildman–Crippen LogP) is 8.24. The molecule has 0 spiro atoms. The van der Waals surface area contributed by atoms with E-state index in [0.717, 1.165) is 20.5 Å². The van der Waals surface area contributed by atoms with Gasteiger partial charge in [0.15, 0.2) is 5.13 Å². The number of carbonyl (C=O) groups is 3. The highest BCUT2D eigenvalue weighted by atomic mass is 79.9. The van der Waals surface area contributed by atoms with Gasteiger partial charge in [0, 0.05) is 31.6 Å². The van der Waals surface area contributed by atoms with E-state index in [1.165, 1.54) is 35.2 Å². The fourth-order valence-electron chi connectivity index (χ4n) is 4.03. The summed E-state index contributed by atoms with van der Waals surface area (Å²) in [5.41, 5.74) is 3.18.